The molecule has 0 bridgehead atoms. The highest BCUT2D eigenvalue weighted by Gasteiger charge is 2.07. The van der Waals surface area contributed by atoms with Crippen LogP contribution in [-0.2, 0) is 17.9 Å². The van der Waals surface area contributed by atoms with Crippen molar-refractivity contribution in [2.24, 2.45) is 0 Å². The molecule has 0 spiro atoms. The number of aromatic nitrogens is 1. The maximum absolute atomic E-state index is 11.9. The van der Waals surface area contributed by atoms with Crippen molar-refractivity contribution in [1.29, 1.82) is 0 Å². The molecule has 1 N–H and O–H groups in total. The summed E-state index contributed by atoms with van der Waals surface area (Å²) in [6, 6.07) is 10.1. The largest absolute Gasteiger partial charge is 0.350 e. The maximum Gasteiger partial charge on any atom is 0.234 e. The topological polar surface area (TPSA) is 45.2 Å². The number of carbonyl (C=O) groups is 1. The zero-order valence-corrected chi connectivity index (χ0v) is 12.6. The van der Waals surface area contributed by atoms with Crippen LogP contribution >= 0.6 is 11.3 Å². The zero-order chi connectivity index (χ0) is 14.4. The van der Waals surface area contributed by atoms with Crippen LogP contribution in [0.1, 0.15) is 15.4 Å². The zero-order valence-electron chi connectivity index (χ0n) is 11.8. The molecule has 0 saturated heterocycles. The minimum atomic E-state index is 0.0366. The van der Waals surface area contributed by atoms with Gasteiger partial charge < -0.3 is 5.32 Å². The highest BCUT2D eigenvalue weighted by Crippen LogP contribution is 2.10. The number of nitrogens with zero attached hydrogens (tertiary/aromatic N) is 2. The van der Waals surface area contributed by atoms with Gasteiger partial charge in [0.2, 0.25) is 5.91 Å². The fraction of sp³-hybridized carbons (Fsp3) is 0.333. The Morgan fingerprint density at radius 3 is 2.75 bits per heavy atom. The molecule has 4 nitrogen and oxygen atoms in total. The van der Waals surface area contributed by atoms with E-state index in [0.717, 1.165) is 16.4 Å². The highest BCUT2D eigenvalue weighted by atomic mass is 32.1. The molecule has 5 heteroatoms. The molecule has 1 aromatic carbocycles. The number of amides is 1. The van der Waals surface area contributed by atoms with Gasteiger partial charge in [-0.25, -0.2) is 4.98 Å². The minimum absolute atomic E-state index is 0.0366. The van der Waals surface area contributed by atoms with Crippen molar-refractivity contribution in [3.63, 3.8) is 0 Å². The van der Waals surface area contributed by atoms with E-state index in [1.54, 1.807) is 11.3 Å². The molecule has 0 aliphatic rings. The molecule has 1 heterocycles. The van der Waals surface area contributed by atoms with Crippen molar-refractivity contribution >= 4 is 17.2 Å². The second-order valence-corrected chi connectivity index (χ2v) is 6.10. The summed E-state index contributed by atoms with van der Waals surface area (Å²) in [5.74, 6) is 0.0366. The van der Waals surface area contributed by atoms with Gasteiger partial charge in [-0.05, 0) is 19.5 Å². The Hall–Kier alpha value is -1.72. The second-order valence-electron chi connectivity index (χ2n) is 4.78. The first-order valence-corrected chi connectivity index (χ1v) is 7.35. The Morgan fingerprint density at radius 2 is 2.10 bits per heavy atom. The van der Waals surface area contributed by atoms with Gasteiger partial charge in [0, 0.05) is 17.6 Å². The molecule has 106 valence electrons. The van der Waals surface area contributed by atoms with Crippen LogP contribution in [0.15, 0.2) is 36.5 Å². The summed E-state index contributed by atoms with van der Waals surface area (Å²) in [5.41, 5.74) is 1.21. The van der Waals surface area contributed by atoms with Crippen LogP contribution in [0, 0.1) is 6.92 Å². The third-order valence-electron chi connectivity index (χ3n) is 2.84. The maximum atomic E-state index is 11.9. The first-order chi connectivity index (χ1) is 9.63. The fourth-order valence-corrected chi connectivity index (χ4v) is 2.66. The van der Waals surface area contributed by atoms with Gasteiger partial charge in [0.25, 0.3) is 0 Å². The first-order valence-electron chi connectivity index (χ1n) is 6.54. The average Bonchev–Trinajstić information content (AvgIpc) is 2.83. The Morgan fingerprint density at radius 1 is 1.35 bits per heavy atom. The van der Waals surface area contributed by atoms with Crippen LogP contribution in [0.2, 0.25) is 0 Å². The summed E-state index contributed by atoms with van der Waals surface area (Å²) >= 11 is 1.61. The monoisotopic (exact) mass is 289 g/mol. The quantitative estimate of drug-likeness (QED) is 0.886. The molecule has 0 unspecified atom stereocenters. The van der Waals surface area contributed by atoms with Crippen molar-refractivity contribution in [2.75, 3.05) is 13.6 Å². The summed E-state index contributed by atoms with van der Waals surface area (Å²) in [5, 5.41) is 3.94. The molecule has 0 aliphatic carbocycles. The molecule has 0 radical (unpaired) electrons. The van der Waals surface area contributed by atoms with Crippen molar-refractivity contribution in [3.05, 3.63) is 52.0 Å². The summed E-state index contributed by atoms with van der Waals surface area (Å²) in [7, 11) is 1.95. The highest BCUT2D eigenvalue weighted by molar-refractivity contribution is 7.11. The fourth-order valence-electron chi connectivity index (χ4n) is 1.92. The van der Waals surface area contributed by atoms with Crippen LogP contribution in [0.3, 0.4) is 0 Å². The smallest absolute Gasteiger partial charge is 0.234 e. The van der Waals surface area contributed by atoms with Gasteiger partial charge in [0.15, 0.2) is 0 Å². The molecule has 2 aromatic rings. The predicted molar refractivity (Wildman–Crippen MR) is 81.5 cm³/mol. The summed E-state index contributed by atoms with van der Waals surface area (Å²) in [6.45, 7) is 3.69. The molecule has 1 amide bonds. The predicted octanol–water partition coefficient (Wildman–Crippen LogP) is 2.20. The number of nitrogens with one attached hydrogen (secondary N) is 1. The molecule has 0 fully saturated rings. The van der Waals surface area contributed by atoms with Crippen LogP contribution in [0.5, 0.6) is 0 Å². The lowest BCUT2D eigenvalue weighted by molar-refractivity contribution is -0.122. The minimum Gasteiger partial charge on any atom is -0.350 e. The van der Waals surface area contributed by atoms with Gasteiger partial charge >= 0.3 is 0 Å². The van der Waals surface area contributed by atoms with Crippen LogP contribution in [0.25, 0.3) is 0 Å². The normalized spacial score (nSPS) is 10.8. The van der Waals surface area contributed by atoms with Crippen molar-refractivity contribution < 1.29 is 4.79 Å². The van der Waals surface area contributed by atoms with Gasteiger partial charge in [0.05, 0.1) is 18.1 Å². The van der Waals surface area contributed by atoms with E-state index in [9.17, 15) is 4.79 Å². The van der Waals surface area contributed by atoms with Gasteiger partial charge in [-0.2, -0.15) is 0 Å². The molecule has 20 heavy (non-hydrogen) atoms. The van der Waals surface area contributed by atoms with E-state index in [1.807, 2.05) is 43.3 Å². The molecular weight excluding hydrogens is 270 g/mol. The van der Waals surface area contributed by atoms with E-state index in [1.165, 1.54) is 5.56 Å². The van der Waals surface area contributed by atoms with Crippen molar-refractivity contribution in [1.82, 2.24) is 15.2 Å². The third kappa shape index (κ3) is 4.75. The van der Waals surface area contributed by atoms with E-state index in [0.29, 0.717) is 13.1 Å². The van der Waals surface area contributed by atoms with E-state index in [-0.39, 0.29) is 5.91 Å². The molecule has 0 aliphatic heterocycles. The summed E-state index contributed by atoms with van der Waals surface area (Å²) in [6.07, 6.45) is 1.81. The first kappa shape index (κ1) is 14.7. The Bertz CT molecular complexity index is 553. The van der Waals surface area contributed by atoms with E-state index < -0.39 is 0 Å². The number of rotatable bonds is 6. The Balaban J connectivity index is 1.73. The summed E-state index contributed by atoms with van der Waals surface area (Å²) in [4.78, 5) is 19.1. The molecular formula is C15H19N3OS. The Labute approximate surface area is 123 Å². The lowest BCUT2D eigenvalue weighted by Gasteiger charge is -2.16. The number of hydrogen-bond donors (Lipinski definition) is 1. The van der Waals surface area contributed by atoms with Crippen molar-refractivity contribution in [2.45, 2.75) is 20.0 Å². The number of likely N-dealkylation sites (N-methyl/N-ethyl adjacent to an activating group) is 1. The van der Waals surface area contributed by atoms with Crippen LogP contribution in [-0.4, -0.2) is 29.4 Å². The Kier molecular flexibility index (Phi) is 5.26. The molecule has 2 rings (SSSR count). The van der Waals surface area contributed by atoms with Crippen molar-refractivity contribution in [3.8, 4) is 0 Å². The number of aryl methyl sites for hydroxylation is 1. The van der Waals surface area contributed by atoms with E-state index >= 15 is 0 Å². The number of hydrogen-bond acceptors (Lipinski definition) is 4. The van der Waals surface area contributed by atoms with Gasteiger partial charge in [-0.3, -0.25) is 9.69 Å². The van der Waals surface area contributed by atoms with E-state index in [2.05, 4.69) is 22.4 Å². The lowest BCUT2D eigenvalue weighted by Crippen LogP contribution is -2.34. The molecule has 0 atom stereocenters. The number of thiazole rings is 1. The average molecular weight is 289 g/mol. The molecule has 0 saturated carbocycles. The van der Waals surface area contributed by atoms with Gasteiger partial charge in [0.1, 0.15) is 0 Å². The van der Waals surface area contributed by atoms with Crippen LogP contribution < -0.4 is 5.32 Å². The summed E-state index contributed by atoms with van der Waals surface area (Å²) < 4.78 is 0. The molecule has 1 aromatic heterocycles. The van der Waals surface area contributed by atoms with Crippen LogP contribution in [0.4, 0.5) is 0 Å². The third-order valence-corrected chi connectivity index (χ3v) is 3.75. The van der Waals surface area contributed by atoms with Gasteiger partial charge in [-0.15, -0.1) is 11.3 Å². The van der Waals surface area contributed by atoms with E-state index in [4.69, 9.17) is 0 Å². The lowest BCUT2D eigenvalue weighted by atomic mass is 10.2. The van der Waals surface area contributed by atoms with Gasteiger partial charge in [-0.1, -0.05) is 30.3 Å². The second kappa shape index (κ2) is 7.17. The standard InChI is InChI=1S/C15H19N3OS/c1-12-16-8-14(20-12)9-17-15(19)11-18(2)10-13-6-4-3-5-7-13/h3-8H,9-11H2,1-2H3,(H,17,19). The SMILES string of the molecule is Cc1ncc(CNC(=O)CN(C)Cc2ccccc2)s1. The number of benzene rings is 1. The number of carbonyl (C=O) groups excluding carboxylic acids is 1.